The molecule has 1 saturated heterocycles. The van der Waals surface area contributed by atoms with Crippen molar-refractivity contribution in [3.63, 3.8) is 0 Å². The molecule has 5 heteroatoms. The highest BCUT2D eigenvalue weighted by atomic mass is 16.1. The van der Waals surface area contributed by atoms with Crippen molar-refractivity contribution in [2.45, 2.75) is 45.7 Å². The number of hydrogen-bond acceptors (Lipinski definition) is 3. The fourth-order valence-electron chi connectivity index (χ4n) is 4.03. The molecule has 1 aliphatic rings. The molecular formula is C23H28N4O. The standard InChI is InChI=1S/C23H28N4O/c1-3-21-17(2)27-16-19(9-10-22(27)25-21)23(28)24-20-11-13-26(14-12-20)15-18-7-5-4-6-8-18/h4-10,16,20H,3,11-15H2,1-2H3,(H,24,28). The average Bonchev–Trinajstić information content (AvgIpc) is 3.05. The molecule has 1 amide bonds. The third-order valence-electron chi connectivity index (χ3n) is 5.72. The summed E-state index contributed by atoms with van der Waals surface area (Å²) in [5.74, 6) is 0.00885. The fraction of sp³-hybridized carbons (Fsp3) is 0.391. The summed E-state index contributed by atoms with van der Waals surface area (Å²) < 4.78 is 2.02. The normalized spacial score (nSPS) is 15.8. The Labute approximate surface area is 166 Å². The molecule has 0 atom stereocenters. The van der Waals surface area contributed by atoms with Crippen LogP contribution in [-0.2, 0) is 13.0 Å². The molecule has 3 heterocycles. The first-order valence-corrected chi connectivity index (χ1v) is 10.2. The number of carbonyl (C=O) groups excluding carboxylic acids is 1. The maximum absolute atomic E-state index is 12.8. The zero-order chi connectivity index (χ0) is 19.5. The minimum Gasteiger partial charge on any atom is -0.349 e. The van der Waals surface area contributed by atoms with Crippen molar-refractivity contribution < 1.29 is 4.79 Å². The van der Waals surface area contributed by atoms with Crippen molar-refractivity contribution in [3.8, 4) is 0 Å². The van der Waals surface area contributed by atoms with Crippen LogP contribution < -0.4 is 5.32 Å². The van der Waals surface area contributed by atoms with Gasteiger partial charge in [0.25, 0.3) is 5.91 Å². The number of aromatic nitrogens is 2. The lowest BCUT2D eigenvalue weighted by Crippen LogP contribution is -2.44. The van der Waals surface area contributed by atoms with E-state index >= 15 is 0 Å². The van der Waals surface area contributed by atoms with E-state index in [9.17, 15) is 4.79 Å². The van der Waals surface area contributed by atoms with Crippen LogP contribution in [0.15, 0.2) is 48.7 Å². The lowest BCUT2D eigenvalue weighted by Gasteiger charge is -2.32. The first-order valence-electron chi connectivity index (χ1n) is 10.2. The maximum atomic E-state index is 12.8. The molecule has 0 spiro atoms. The van der Waals surface area contributed by atoms with Gasteiger partial charge in [0, 0.05) is 37.6 Å². The van der Waals surface area contributed by atoms with Gasteiger partial charge in [-0.3, -0.25) is 9.69 Å². The van der Waals surface area contributed by atoms with Crippen molar-refractivity contribution in [1.29, 1.82) is 0 Å². The van der Waals surface area contributed by atoms with E-state index in [2.05, 4.69) is 59.4 Å². The number of likely N-dealkylation sites (tertiary alicyclic amines) is 1. The number of carbonyl (C=O) groups is 1. The Morgan fingerprint density at radius 1 is 1.14 bits per heavy atom. The molecule has 0 bridgehead atoms. The van der Waals surface area contributed by atoms with Crippen LogP contribution in [0.2, 0.25) is 0 Å². The highest BCUT2D eigenvalue weighted by Crippen LogP contribution is 2.16. The van der Waals surface area contributed by atoms with Crippen molar-refractivity contribution in [1.82, 2.24) is 19.6 Å². The van der Waals surface area contributed by atoms with Gasteiger partial charge in [-0.15, -0.1) is 0 Å². The van der Waals surface area contributed by atoms with E-state index in [0.717, 1.165) is 55.9 Å². The Morgan fingerprint density at radius 2 is 1.89 bits per heavy atom. The molecule has 146 valence electrons. The second-order valence-electron chi connectivity index (χ2n) is 7.65. The highest BCUT2D eigenvalue weighted by molar-refractivity contribution is 5.94. The Kier molecular flexibility index (Phi) is 5.44. The Morgan fingerprint density at radius 3 is 2.61 bits per heavy atom. The van der Waals surface area contributed by atoms with Gasteiger partial charge in [0.2, 0.25) is 0 Å². The molecule has 1 N–H and O–H groups in total. The van der Waals surface area contributed by atoms with E-state index in [1.54, 1.807) is 0 Å². The van der Waals surface area contributed by atoms with Gasteiger partial charge in [0.05, 0.1) is 11.3 Å². The summed E-state index contributed by atoms with van der Waals surface area (Å²) in [6.07, 6.45) is 4.79. The quantitative estimate of drug-likeness (QED) is 0.740. The minimum atomic E-state index is 0.00885. The second-order valence-corrected chi connectivity index (χ2v) is 7.65. The number of fused-ring (bicyclic) bond motifs is 1. The van der Waals surface area contributed by atoms with Crippen LogP contribution >= 0.6 is 0 Å². The van der Waals surface area contributed by atoms with E-state index in [4.69, 9.17) is 0 Å². The van der Waals surface area contributed by atoms with Gasteiger partial charge in [-0.05, 0) is 43.9 Å². The van der Waals surface area contributed by atoms with E-state index in [0.29, 0.717) is 5.56 Å². The van der Waals surface area contributed by atoms with Crippen LogP contribution in [0.25, 0.3) is 5.65 Å². The summed E-state index contributed by atoms with van der Waals surface area (Å²) in [7, 11) is 0. The lowest BCUT2D eigenvalue weighted by atomic mass is 10.0. The molecule has 5 nitrogen and oxygen atoms in total. The summed E-state index contributed by atoms with van der Waals surface area (Å²) in [5, 5.41) is 3.23. The third-order valence-corrected chi connectivity index (χ3v) is 5.72. The molecular weight excluding hydrogens is 348 g/mol. The predicted octanol–water partition coefficient (Wildman–Crippen LogP) is 3.60. The number of hydrogen-bond donors (Lipinski definition) is 1. The van der Waals surface area contributed by atoms with Crippen LogP contribution in [0.4, 0.5) is 0 Å². The maximum Gasteiger partial charge on any atom is 0.252 e. The molecule has 0 radical (unpaired) electrons. The summed E-state index contributed by atoms with van der Waals surface area (Å²) >= 11 is 0. The summed E-state index contributed by atoms with van der Waals surface area (Å²) in [4.78, 5) is 19.8. The van der Waals surface area contributed by atoms with Gasteiger partial charge >= 0.3 is 0 Å². The fourth-order valence-corrected chi connectivity index (χ4v) is 4.03. The largest absolute Gasteiger partial charge is 0.349 e. The van der Waals surface area contributed by atoms with E-state index in [-0.39, 0.29) is 11.9 Å². The van der Waals surface area contributed by atoms with Crippen LogP contribution in [0.1, 0.15) is 47.1 Å². The molecule has 3 aromatic rings. The minimum absolute atomic E-state index is 0.00885. The monoisotopic (exact) mass is 376 g/mol. The molecule has 2 aromatic heterocycles. The van der Waals surface area contributed by atoms with Gasteiger partial charge in [-0.1, -0.05) is 37.3 Å². The van der Waals surface area contributed by atoms with E-state index in [1.807, 2.05) is 22.7 Å². The highest BCUT2D eigenvalue weighted by Gasteiger charge is 2.21. The van der Waals surface area contributed by atoms with E-state index in [1.165, 1.54) is 5.56 Å². The molecule has 1 aromatic carbocycles. The summed E-state index contributed by atoms with van der Waals surface area (Å²) in [6.45, 7) is 7.17. The second kappa shape index (κ2) is 8.15. The number of piperidine rings is 1. The first-order chi connectivity index (χ1) is 13.6. The molecule has 1 fully saturated rings. The first kappa shape index (κ1) is 18.7. The lowest BCUT2D eigenvalue weighted by molar-refractivity contribution is 0.0908. The van der Waals surface area contributed by atoms with E-state index < -0.39 is 0 Å². The number of amides is 1. The van der Waals surface area contributed by atoms with Crippen LogP contribution in [0.3, 0.4) is 0 Å². The number of nitrogens with one attached hydrogen (secondary N) is 1. The molecule has 4 rings (SSSR count). The smallest absolute Gasteiger partial charge is 0.252 e. The Hall–Kier alpha value is -2.66. The Balaban J connectivity index is 1.35. The van der Waals surface area contributed by atoms with Gasteiger partial charge in [-0.2, -0.15) is 0 Å². The van der Waals surface area contributed by atoms with Crippen molar-refractivity contribution >= 4 is 11.6 Å². The van der Waals surface area contributed by atoms with Crippen molar-refractivity contribution in [2.24, 2.45) is 0 Å². The van der Waals surface area contributed by atoms with Gasteiger partial charge < -0.3 is 9.72 Å². The number of nitrogens with zero attached hydrogens (tertiary/aromatic N) is 3. The van der Waals surface area contributed by atoms with Crippen molar-refractivity contribution in [2.75, 3.05) is 13.1 Å². The number of imidazole rings is 1. The number of pyridine rings is 1. The predicted molar refractivity (Wildman–Crippen MR) is 112 cm³/mol. The van der Waals surface area contributed by atoms with Crippen molar-refractivity contribution in [3.05, 3.63) is 71.2 Å². The molecule has 0 saturated carbocycles. The summed E-state index contributed by atoms with van der Waals surface area (Å²) in [5.41, 5.74) is 5.15. The zero-order valence-corrected chi connectivity index (χ0v) is 16.7. The molecule has 28 heavy (non-hydrogen) atoms. The SMILES string of the molecule is CCc1nc2ccc(C(=O)NC3CCN(Cc4ccccc4)CC3)cn2c1C. The van der Waals surface area contributed by atoms with Crippen LogP contribution in [0.5, 0.6) is 0 Å². The molecule has 0 aliphatic carbocycles. The number of benzene rings is 1. The average molecular weight is 377 g/mol. The molecule has 0 unspecified atom stereocenters. The number of rotatable bonds is 5. The number of aryl methyl sites for hydroxylation is 2. The van der Waals surface area contributed by atoms with Crippen LogP contribution in [-0.4, -0.2) is 39.3 Å². The van der Waals surface area contributed by atoms with Crippen LogP contribution in [0, 0.1) is 6.92 Å². The summed E-state index contributed by atoms with van der Waals surface area (Å²) in [6, 6.07) is 14.6. The third kappa shape index (κ3) is 3.94. The van der Waals surface area contributed by atoms with Gasteiger partial charge in [-0.25, -0.2) is 4.98 Å². The van der Waals surface area contributed by atoms with Gasteiger partial charge in [0.15, 0.2) is 0 Å². The molecule has 1 aliphatic heterocycles. The topological polar surface area (TPSA) is 49.6 Å². The zero-order valence-electron chi connectivity index (χ0n) is 16.7. The van der Waals surface area contributed by atoms with Gasteiger partial charge in [0.1, 0.15) is 5.65 Å². The Bertz CT molecular complexity index is 955.